The van der Waals surface area contributed by atoms with Gasteiger partial charge in [-0.05, 0) is 6.42 Å². The van der Waals surface area contributed by atoms with Gasteiger partial charge in [0.2, 0.25) is 5.91 Å². The summed E-state index contributed by atoms with van der Waals surface area (Å²) in [7, 11) is 0. The van der Waals surface area contributed by atoms with E-state index in [1.165, 1.54) is 4.90 Å². The minimum atomic E-state index is -1.17. The third kappa shape index (κ3) is 3.94. The van der Waals surface area contributed by atoms with Gasteiger partial charge in [-0.3, -0.25) is 14.4 Å². The summed E-state index contributed by atoms with van der Waals surface area (Å²) in [5.74, 6) is -1.76. The molecule has 2 N–H and O–H groups in total. The van der Waals surface area contributed by atoms with Crippen LogP contribution >= 0.6 is 0 Å². The molecule has 0 aromatic rings. The molecule has 1 aliphatic heterocycles. The monoisotopic (exact) mass is 216 g/mol. The maximum Gasteiger partial charge on any atom is 0.332 e. The predicted molar refractivity (Wildman–Crippen MR) is 47.5 cm³/mol. The molecule has 0 atom stereocenters. The van der Waals surface area contributed by atoms with E-state index in [2.05, 4.69) is 4.84 Å². The summed E-state index contributed by atoms with van der Waals surface area (Å²) >= 11 is 0. The van der Waals surface area contributed by atoms with Crippen molar-refractivity contribution in [3.8, 4) is 0 Å². The zero-order valence-electron chi connectivity index (χ0n) is 8.06. The summed E-state index contributed by atoms with van der Waals surface area (Å²) in [6.07, 6.45) is 1.21. The number of carbonyl (C=O) groups is 3. The van der Waals surface area contributed by atoms with Crippen LogP contribution in [0.25, 0.3) is 0 Å². The van der Waals surface area contributed by atoms with Crippen LogP contribution in [0.2, 0.25) is 0 Å². The fraction of sp³-hybridized carbons (Fsp3) is 0.625. The molecule has 15 heavy (non-hydrogen) atoms. The molecule has 0 aromatic heterocycles. The molecule has 7 nitrogen and oxygen atoms in total. The van der Waals surface area contributed by atoms with Crippen LogP contribution in [0.5, 0.6) is 0 Å². The molecule has 1 heterocycles. The Morgan fingerprint density at radius 3 is 2.80 bits per heavy atom. The Balaban J connectivity index is 2.18. The number of hydroxylamine groups is 1. The van der Waals surface area contributed by atoms with Gasteiger partial charge in [-0.2, -0.15) is 0 Å². The van der Waals surface area contributed by atoms with Crippen LogP contribution < -0.4 is 5.48 Å². The Labute approximate surface area is 85.9 Å². The SMILES string of the molecule is O=C(O)CONC(=O)CN1CCCC1=O. The molecule has 1 rings (SSSR count). The smallest absolute Gasteiger partial charge is 0.332 e. The molecule has 0 radical (unpaired) electrons. The fourth-order valence-electron chi connectivity index (χ4n) is 1.26. The minimum absolute atomic E-state index is 0.0663. The topological polar surface area (TPSA) is 95.9 Å². The van der Waals surface area contributed by atoms with Crippen molar-refractivity contribution in [3.63, 3.8) is 0 Å². The molecular weight excluding hydrogens is 204 g/mol. The summed E-state index contributed by atoms with van der Waals surface area (Å²) in [5, 5.41) is 8.21. The number of amides is 2. The van der Waals surface area contributed by atoms with Crippen molar-refractivity contribution in [3.05, 3.63) is 0 Å². The summed E-state index contributed by atoms with van der Waals surface area (Å²) in [6, 6.07) is 0. The minimum Gasteiger partial charge on any atom is -0.479 e. The third-order valence-corrected chi connectivity index (χ3v) is 1.89. The van der Waals surface area contributed by atoms with Crippen LogP contribution in [0.15, 0.2) is 0 Å². The number of carboxylic acid groups (broad SMARTS) is 1. The molecule has 0 unspecified atom stereocenters. The normalized spacial score (nSPS) is 15.5. The second-order valence-electron chi connectivity index (χ2n) is 3.13. The van der Waals surface area contributed by atoms with Crippen molar-refractivity contribution in [1.29, 1.82) is 0 Å². The van der Waals surface area contributed by atoms with Crippen LogP contribution in [-0.4, -0.2) is 47.5 Å². The number of carboxylic acids is 1. The number of hydrogen-bond donors (Lipinski definition) is 2. The molecule has 7 heteroatoms. The van der Waals surface area contributed by atoms with Gasteiger partial charge in [0, 0.05) is 13.0 Å². The Hall–Kier alpha value is -1.63. The maximum atomic E-state index is 11.1. The first-order valence-electron chi connectivity index (χ1n) is 4.50. The highest BCUT2D eigenvalue weighted by atomic mass is 16.7. The van der Waals surface area contributed by atoms with Gasteiger partial charge in [0.1, 0.15) is 6.54 Å². The summed E-state index contributed by atoms with van der Waals surface area (Å²) in [4.78, 5) is 38.0. The number of nitrogens with one attached hydrogen (secondary N) is 1. The fourth-order valence-corrected chi connectivity index (χ4v) is 1.26. The molecule has 0 saturated carbocycles. The van der Waals surface area contributed by atoms with Crippen molar-refractivity contribution < 1.29 is 24.3 Å². The zero-order valence-corrected chi connectivity index (χ0v) is 8.06. The Morgan fingerprint density at radius 2 is 2.27 bits per heavy atom. The van der Waals surface area contributed by atoms with E-state index in [1.54, 1.807) is 0 Å². The number of nitrogens with zero attached hydrogens (tertiary/aromatic N) is 1. The van der Waals surface area contributed by atoms with Crippen LogP contribution in [0.1, 0.15) is 12.8 Å². The van der Waals surface area contributed by atoms with Crippen LogP contribution in [0, 0.1) is 0 Å². The van der Waals surface area contributed by atoms with Gasteiger partial charge < -0.3 is 10.0 Å². The molecule has 1 aliphatic rings. The maximum absolute atomic E-state index is 11.1. The molecule has 84 valence electrons. The first-order valence-corrected chi connectivity index (χ1v) is 4.50. The first-order chi connectivity index (χ1) is 7.09. The summed E-state index contributed by atoms with van der Waals surface area (Å²) in [5.41, 5.74) is 1.95. The van der Waals surface area contributed by atoms with E-state index in [1.807, 2.05) is 5.48 Å². The van der Waals surface area contributed by atoms with E-state index in [-0.39, 0.29) is 12.5 Å². The molecule has 1 saturated heterocycles. The van der Waals surface area contributed by atoms with Crippen molar-refractivity contribution in [2.24, 2.45) is 0 Å². The van der Waals surface area contributed by atoms with Crippen molar-refractivity contribution in [1.82, 2.24) is 10.4 Å². The van der Waals surface area contributed by atoms with Gasteiger partial charge in [-0.15, -0.1) is 0 Å². The lowest BCUT2D eigenvalue weighted by molar-refractivity contribution is -0.150. The van der Waals surface area contributed by atoms with E-state index in [0.29, 0.717) is 13.0 Å². The number of carbonyl (C=O) groups excluding carboxylic acids is 2. The number of aliphatic carboxylic acids is 1. The lowest BCUT2D eigenvalue weighted by atomic mass is 10.4. The van der Waals surface area contributed by atoms with Crippen LogP contribution in [-0.2, 0) is 19.2 Å². The largest absolute Gasteiger partial charge is 0.479 e. The third-order valence-electron chi connectivity index (χ3n) is 1.89. The lowest BCUT2D eigenvalue weighted by Crippen LogP contribution is -2.38. The van der Waals surface area contributed by atoms with Gasteiger partial charge in [-0.1, -0.05) is 0 Å². The molecule has 0 bridgehead atoms. The second kappa shape index (κ2) is 5.30. The molecule has 0 spiro atoms. The highest BCUT2D eigenvalue weighted by Crippen LogP contribution is 2.08. The molecular formula is C8H12N2O5. The molecule has 1 fully saturated rings. The lowest BCUT2D eigenvalue weighted by Gasteiger charge is -2.14. The highest BCUT2D eigenvalue weighted by molar-refractivity contribution is 5.85. The van der Waals surface area contributed by atoms with Crippen molar-refractivity contribution >= 4 is 17.8 Å². The standard InChI is InChI=1S/C8H12N2O5/c11-6(9-15-5-8(13)14)4-10-3-1-2-7(10)12/h1-5H2,(H,9,11)(H,13,14). The summed E-state index contributed by atoms with van der Waals surface area (Å²) < 4.78 is 0. The van der Waals surface area contributed by atoms with E-state index >= 15 is 0 Å². The van der Waals surface area contributed by atoms with Gasteiger partial charge in [0.05, 0.1) is 0 Å². The molecule has 2 amide bonds. The average Bonchev–Trinajstić information content (AvgIpc) is 2.51. The number of rotatable bonds is 5. The number of likely N-dealkylation sites (tertiary alicyclic amines) is 1. The van der Waals surface area contributed by atoms with Gasteiger partial charge in [0.25, 0.3) is 5.91 Å². The molecule has 0 aromatic carbocycles. The average molecular weight is 216 g/mol. The van der Waals surface area contributed by atoms with Gasteiger partial charge in [0.15, 0.2) is 6.61 Å². The first kappa shape index (κ1) is 11.4. The van der Waals surface area contributed by atoms with E-state index in [4.69, 9.17) is 5.11 Å². The highest BCUT2D eigenvalue weighted by Gasteiger charge is 2.22. The predicted octanol–water partition coefficient (Wildman–Crippen LogP) is -1.26. The van der Waals surface area contributed by atoms with Gasteiger partial charge >= 0.3 is 5.97 Å². The number of hydrogen-bond acceptors (Lipinski definition) is 4. The van der Waals surface area contributed by atoms with Crippen LogP contribution in [0.4, 0.5) is 0 Å². The van der Waals surface area contributed by atoms with Crippen LogP contribution in [0.3, 0.4) is 0 Å². The zero-order chi connectivity index (χ0) is 11.3. The molecule has 0 aliphatic carbocycles. The Kier molecular flexibility index (Phi) is 4.04. The summed E-state index contributed by atoms with van der Waals surface area (Å²) in [6.45, 7) is -0.122. The Morgan fingerprint density at radius 1 is 1.53 bits per heavy atom. The van der Waals surface area contributed by atoms with E-state index in [0.717, 1.165) is 6.42 Å². The van der Waals surface area contributed by atoms with E-state index in [9.17, 15) is 14.4 Å². The van der Waals surface area contributed by atoms with Crippen molar-refractivity contribution in [2.75, 3.05) is 19.7 Å². The van der Waals surface area contributed by atoms with Crippen molar-refractivity contribution in [2.45, 2.75) is 12.8 Å². The van der Waals surface area contributed by atoms with Gasteiger partial charge in [-0.25, -0.2) is 10.3 Å². The quantitative estimate of drug-likeness (QED) is 0.559. The van der Waals surface area contributed by atoms with E-state index < -0.39 is 18.5 Å². The Bertz CT molecular complexity index is 278. The second-order valence-corrected chi connectivity index (χ2v) is 3.13.